The summed E-state index contributed by atoms with van der Waals surface area (Å²) in [7, 11) is 0. The van der Waals surface area contributed by atoms with E-state index in [-0.39, 0.29) is 16.7 Å². The molecule has 0 radical (unpaired) electrons. The number of nitrogens with zero attached hydrogens (tertiary/aromatic N) is 2. The maximum Gasteiger partial charge on any atom is 0.335 e. The molecule has 1 rings (SSSR count). The molecule has 1 aromatic rings. The molecular weight excluding hydrogens is 168 g/mol. The Balaban J connectivity index is 3.33. The van der Waals surface area contributed by atoms with Crippen LogP contribution in [0.25, 0.3) is 0 Å². The van der Waals surface area contributed by atoms with Crippen molar-refractivity contribution in [1.82, 2.24) is 0 Å². The zero-order valence-corrected chi connectivity index (χ0v) is 6.48. The molecule has 1 aromatic carbocycles. The summed E-state index contributed by atoms with van der Waals surface area (Å²) in [5.41, 5.74) is 0.283. The number of nitriles is 2. The van der Waals surface area contributed by atoms with Crippen molar-refractivity contribution in [3.8, 4) is 12.1 Å². The Morgan fingerprint density at radius 3 is 2.31 bits per heavy atom. The van der Waals surface area contributed by atoms with E-state index in [9.17, 15) is 4.79 Å². The van der Waals surface area contributed by atoms with Crippen molar-refractivity contribution in [3.63, 3.8) is 0 Å². The second-order valence-corrected chi connectivity index (χ2v) is 2.29. The maximum absolute atomic E-state index is 10.5. The summed E-state index contributed by atoms with van der Waals surface area (Å²) < 4.78 is 0. The summed E-state index contributed by atoms with van der Waals surface area (Å²) in [5.74, 6) is -1.11. The first-order valence-corrected chi connectivity index (χ1v) is 3.36. The Hall–Kier alpha value is -2.33. The average Bonchev–Trinajstić information content (AvgIpc) is 2.16. The number of carboxylic acid groups (broad SMARTS) is 1. The minimum Gasteiger partial charge on any atom is -0.478 e. The van der Waals surface area contributed by atoms with Crippen molar-refractivity contribution < 1.29 is 9.90 Å². The van der Waals surface area contributed by atoms with Crippen molar-refractivity contribution >= 4 is 5.97 Å². The van der Waals surface area contributed by atoms with Crippen LogP contribution in [-0.2, 0) is 0 Å². The zero-order valence-electron chi connectivity index (χ0n) is 6.48. The van der Waals surface area contributed by atoms with Crippen LogP contribution in [0.2, 0.25) is 0 Å². The van der Waals surface area contributed by atoms with Gasteiger partial charge in [-0.1, -0.05) is 0 Å². The predicted octanol–water partition coefficient (Wildman–Crippen LogP) is 1.13. The highest BCUT2D eigenvalue weighted by molar-refractivity contribution is 5.88. The van der Waals surface area contributed by atoms with Gasteiger partial charge >= 0.3 is 5.97 Å². The van der Waals surface area contributed by atoms with Gasteiger partial charge in [0, 0.05) is 0 Å². The Labute approximate surface area is 74.3 Å². The third kappa shape index (κ3) is 1.63. The average molecular weight is 172 g/mol. The molecule has 13 heavy (non-hydrogen) atoms. The van der Waals surface area contributed by atoms with Crippen molar-refractivity contribution in [2.24, 2.45) is 0 Å². The number of hydrogen-bond donors (Lipinski definition) is 1. The lowest BCUT2D eigenvalue weighted by Gasteiger charge is -1.95. The number of benzene rings is 1. The van der Waals surface area contributed by atoms with E-state index in [4.69, 9.17) is 15.6 Å². The molecule has 1 N–H and O–H groups in total. The van der Waals surface area contributed by atoms with Crippen LogP contribution in [0.1, 0.15) is 21.5 Å². The molecule has 0 saturated heterocycles. The van der Waals surface area contributed by atoms with Crippen molar-refractivity contribution in [3.05, 3.63) is 34.9 Å². The van der Waals surface area contributed by atoms with E-state index in [1.54, 1.807) is 12.1 Å². The largest absolute Gasteiger partial charge is 0.478 e. The van der Waals surface area contributed by atoms with Crippen molar-refractivity contribution in [1.29, 1.82) is 10.5 Å². The molecule has 0 fully saturated rings. The van der Waals surface area contributed by atoms with Gasteiger partial charge in [0.25, 0.3) is 0 Å². The van der Waals surface area contributed by atoms with Gasteiger partial charge in [-0.15, -0.1) is 0 Å². The topological polar surface area (TPSA) is 84.9 Å². The quantitative estimate of drug-likeness (QED) is 0.687. The summed E-state index contributed by atoms with van der Waals surface area (Å²) in [4.78, 5) is 10.5. The highest BCUT2D eigenvalue weighted by Crippen LogP contribution is 2.09. The monoisotopic (exact) mass is 172 g/mol. The minimum absolute atomic E-state index is 0.00977. The summed E-state index contributed by atoms with van der Waals surface area (Å²) in [5, 5.41) is 25.7. The van der Waals surface area contributed by atoms with Gasteiger partial charge in [-0.2, -0.15) is 10.5 Å². The molecule has 4 heteroatoms. The Morgan fingerprint density at radius 1 is 1.23 bits per heavy atom. The Morgan fingerprint density at radius 2 is 1.85 bits per heavy atom. The second-order valence-electron chi connectivity index (χ2n) is 2.29. The highest BCUT2D eigenvalue weighted by atomic mass is 16.4. The van der Waals surface area contributed by atoms with Gasteiger partial charge in [0.15, 0.2) is 0 Å². The fourth-order valence-electron chi connectivity index (χ4n) is 0.867. The van der Waals surface area contributed by atoms with Gasteiger partial charge in [0.2, 0.25) is 0 Å². The lowest BCUT2D eigenvalue weighted by Crippen LogP contribution is -1.97. The van der Waals surface area contributed by atoms with E-state index in [2.05, 4.69) is 0 Å². The fraction of sp³-hybridized carbons (Fsp3) is 0. The molecule has 0 aliphatic carbocycles. The van der Waals surface area contributed by atoms with E-state index in [1.807, 2.05) is 0 Å². The smallest absolute Gasteiger partial charge is 0.335 e. The number of carboxylic acids is 1. The van der Waals surface area contributed by atoms with Gasteiger partial charge in [-0.05, 0) is 18.2 Å². The molecular formula is C9H4N2O2. The number of carbonyl (C=O) groups is 1. The maximum atomic E-state index is 10.5. The van der Waals surface area contributed by atoms with Crippen LogP contribution >= 0.6 is 0 Å². The normalized spacial score (nSPS) is 8.46. The predicted molar refractivity (Wildman–Crippen MR) is 42.8 cm³/mol. The van der Waals surface area contributed by atoms with Crippen LogP contribution in [0.5, 0.6) is 0 Å². The van der Waals surface area contributed by atoms with E-state index in [0.717, 1.165) is 0 Å². The van der Waals surface area contributed by atoms with Gasteiger partial charge in [-0.3, -0.25) is 0 Å². The van der Waals surface area contributed by atoms with E-state index in [1.165, 1.54) is 18.2 Å². The summed E-state index contributed by atoms with van der Waals surface area (Å²) in [6, 6.07) is 7.35. The Kier molecular flexibility index (Phi) is 2.28. The first kappa shape index (κ1) is 8.76. The third-order valence-corrected chi connectivity index (χ3v) is 1.51. The molecule has 0 amide bonds. The van der Waals surface area contributed by atoms with Crippen LogP contribution in [0, 0.1) is 22.7 Å². The molecule has 0 unspecified atom stereocenters. The molecule has 0 bridgehead atoms. The number of hydrogen-bond acceptors (Lipinski definition) is 3. The van der Waals surface area contributed by atoms with Crippen LogP contribution in [-0.4, -0.2) is 11.1 Å². The van der Waals surface area contributed by atoms with E-state index >= 15 is 0 Å². The molecule has 0 aliphatic heterocycles. The third-order valence-electron chi connectivity index (χ3n) is 1.51. The van der Waals surface area contributed by atoms with Crippen LogP contribution in [0.3, 0.4) is 0 Å². The van der Waals surface area contributed by atoms with E-state index in [0.29, 0.717) is 0 Å². The molecule has 0 saturated carbocycles. The SMILES string of the molecule is N#Cc1ccc(C(=O)O)cc1C#N. The van der Waals surface area contributed by atoms with Crippen LogP contribution in [0.15, 0.2) is 18.2 Å². The highest BCUT2D eigenvalue weighted by Gasteiger charge is 2.06. The minimum atomic E-state index is -1.11. The van der Waals surface area contributed by atoms with Gasteiger partial charge in [0.1, 0.15) is 12.1 Å². The molecule has 0 spiro atoms. The molecule has 0 aliphatic rings. The first-order valence-electron chi connectivity index (χ1n) is 3.36. The lowest BCUT2D eigenvalue weighted by molar-refractivity contribution is 0.0697. The molecule has 62 valence electrons. The van der Waals surface area contributed by atoms with Gasteiger partial charge in [0.05, 0.1) is 16.7 Å². The van der Waals surface area contributed by atoms with Gasteiger partial charge in [-0.25, -0.2) is 4.79 Å². The number of rotatable bonds is 1. The second kappa shape index (κ2) is 3.38. The van der Waals surface area contributed by atoms with E-state index < -0.39 is 5.97 Å². The van der Waals surface area contributed by atoms with Gasteiger partial charge < -0.3 is 5.11 Å². The zero-order chi connectivity index (χ0) is 9.84. The molecule has 0 aromatic heterocycles. The van der Waals surface area contributed by atoms with Crippen molar-refractivity contribution in [2.75, 3.05) is 0 Å². The summed E-state index contributed by atoms with van der Waals surface area (Å²) in [6.45, 7) is 0. The fourth-order valence-corrected chi connectivity index (χ4v) is 0.867. The first-order chi connectivity index (χ1) is 6.19. The summed E-state index contributed by atoms with van der Waals surface area (Å²) >= 11 is 0. The number of aromatic carboxylic acids is 1. The molecule has 4 nitrogen and oxygen atoms in total. The van der Waals surface area contributed by atoms with Crippen LogP contribution < -0.4 is 0 Å². The lowest BCUT2D eigenvalue weighted by atomic mass is 10.1. The molecule has 0 atom stereocenters. The standard InChI is InChI=1S/C9H4N2O2/c10-4-7-2-1-6(9(12)13)3-8(7)5-11/h1-3H,(H,12,13). The summed E-state index contributed by atoms with van der Waals surface area (Å²) in [6.07, 6.45) is 0. The van der Waals surface area contributed by atoms with Crippen LogP contribution in [0.4, 0.5) is 0 Å². The molecule has 0 heterocycles. The Bertz CT molecular complexity index is 438. The van der Waals surface area contributed by atoms with Crippen molar-refractivity contribution in [2.45, 2.75) is 0 Å².